The number of phosphoric acid groups is 1. The molecular weight excluding hydrogens is 1020 g/mol. The largest absolute Gasteiger partial charge is 0.472 e. The van der Waals surface area contributed by atoms with Gasteiger partial charge in [-0.05, 0) is 76.7 Å². The monoisotopic (exact) mass is 1160 g/mol. The number of allylic oxidation sites excluding steroid dienone is 9. The number of nitrogens with one attached hydrogen (secondary N) is 1. The van der Waals surface area contributed by atoms with Crippen LogP contribution in [-0.2, 0) is 27.9 Å². The van der Waals surface area contributed by atoms with Gasteiger partial charge in [0.2, 0.25) is 5.91 Å². The van der Waals surface area contributed by atoms with Crippen LogP contribution in [0.4, 0.5) is 0 Å². The Kier molecular flexibility index (Phi) is 59.1. The van der Waals surface area contributed by atoms with Gasteiger partial charge in [-0.25, -0.2) is 4.57 Å². The van der Waals surface area contributed by atoms with Crippen molar-refractivity contribution in [2.45, 2.75) is 341 Å². The molecule has 0 aliphatic rings. The molecule has 10 heteroatoms. The summed E-state index contributed by atoms with van der Waals surface area (Å²) < 4.78 is 30.8. The average molecular weight is 1160 g/mol. The summed E-state index contributed by atoms with van der Waals surface area (Å²) in [5, 5.41) is 3.06. The molecule has 0 fully saturated rings. The van der Waals surface area contributed by atoms with Gasteiger partial charge in [-0.2, -0.15) is 0 Å². The number of amides is 1. The minimum atomic E-state index is -4.45. The van der Waals surface area contributed by atoms with Crippen LogP contribution in [0.1, 0.15) is 329 Å². The first-order chi connectivity index (χ1) is 39.4. The smallest absolute Gasteiger partial charge is 0.456 e. The maximum atomic E-state index is 13.6. The van der Waals surface area contributed by atoms with E-state index < -0.39 is 20.0 Å². The first-order valence-electron chi connectivity index (χ1n) is 34.6. The summed E-state index contributed by atoms with van der Waals surface area (Å²) in [6, 6.07) is -0.854. The van der Waals surface area contributed by atoms with E-state index in [0.29, 0.717) is 23.9 Å². The fourth-order valence-electron chi connectivity index (χ4n) is 10.1. The van der Waals surface area contributed by atoms with Crippen molar-refractivity contribution in [2.24, 2.45) is 0 Å². The maximum absolute atomic E-state index is 13.6. The summed E-state index contributed by atoms with van der Waals surface area (Å²) in [5.41, 5.74) is 0. The van der Waals surface area contributed by atoms with E-state index in [1.807, 2.05) is 33.3 Å². The lowest BCUT2D eigenvalue weighted by molar-refractivity contribution is -0.870. The molecule has 0 saturated carbocycles. The zero-order valence-electron chi connectivity index (χ0n) is 54.3. The topological polar surface area (TPSA) is 111 Å². The van der Waals surface area contributed by atoms with Gasteiger partial charge in [0, 0.05) is 12.8 Å². The molecule has 2 N–H and O–H groups in total. The Hall–Kier alpha value is -2.29. The van der Waals surface area contributed by atoms with Gasteiger partial charge >= 0.3 is 13.8 Å². The fraction of sp³-hybridized carbons (Fsp3) is 0.831. The Bertz CT molecular complexity index is 1570. The van der Waals surface area contributed by atoms with Gasteiger partial charge in [0.25, 0.3) is 0 Å². The van der Waals surface area contributed by atoms with Crippen molar-refractivity contribution in [3.63, 3.8) is 0 Å². The van der Waals surface area contributed by atoms with Gasteiger partial charge in [-0.15, -0.1) is 0 Å². The predicted molar refractivity (Wildman–Crippen MR) is 351 cm³/mol. The van der Waals surface area contributed by atoms with Crippen molar-refractivity contribution in [1.29, 1.82) is 0 Å². The van der Waals surface area contributed by atoms with Crippen molar-refractivity contribution in [3.8, 4) is 0 Å². The van der Waals surface area contributed by atoms with Gasteiger partial charge in [0.15, 0.2) is 0 Å². The highest BCUT2D eigenvalue weighted by molar-refractivity contribution is 7.47. The summed E-state index contributed by atoms with van der Waals surface area (Å²) in [4.78, 5) is 37.8. The number of nitrogens with zero attached hydrogens (tertiary/aromatic N) is 1. The molecule has 0 aliphatic carbocycles. The molecule has 0 saturated heterocycles. The summed E-state index contributed by atoms with van der Waals surface area (Å²) in [6.07, 6.45) is 78.0. The summed E-state index contributed by atoms with van der Waals surface area (Å²) >= 11 is 0. The van der Waals surface area contributed by atoms with E-state index in [1.54, 1.807) is 0 Å². The quantitative estimate of drug-likeness (QED) is 0.0205. The van der Waals surface area contributed by atoms with Crippen LogP contribution in [0, 0.1) is 0 Å². The Morgan fingerprint density at radius 3 is 1.15 bits per heavy atom. The second-order valence-corrected chi connectivity index (χ2v) is 26.2. The summed E-state index contributed by atoms with van der Waals surface area (Å²) in [5.74, 6) is -0.505. The zero-order valence-corrected chi connectivity index (χ0v) is 55.2. The predicted octanol–water partition coefficient (Wildman–Crippen LogP) is 21.8. The molecule has 3 atom stereocenters. The number of esters is 1. The Balaban J connectivity index is 5.09. The number of rotatable bonds is 63. The maximum Gasteiger partial charge on any atom is 0.472 e. The Morgan fingerprint density at radius 2 is 0.753 bits per heavy atom. The molecular formula is C71H134N2O7P+. The molecule has 474 valence electrons. The number of likely N-dealkylation sites (N-methyl/N-ethyl adjacent to an activating group) is 1. The molecule has 3 unspecified atom stereocenters. The van der Waals surface area contributed by atoms with Gasteiger partial charge in [0.05, 0.1) is 33.8 Å². The Morgan fingerprint density at radius 1 is 0.432 bits per heavy atom. The third-order valence-electron chi connectivity index (χ3n) is 15.5. The molecule has 0 spiro atoms. The van der Waals surface area contributed by atoms with E-state index in [-0.39, 0.29) is 25.1 Å². The lowest BCUT2D eigenvalue weighted by atomic mass is 10.0. The molecule has 0 aromatic rings. The van der Waals surface area contributed by atoms with E-state index >= 15 is 0 Å². The van der Waals surface area contributed by atoms with Crippen molar-refractivity contribution >= 4 is 19.7 Å². The van der Waals surface area contributed by atoms with E-state index in [4.69, 9.17) is 13.8 Å². The highest BCUT2D eigenvalue weighted by atomic mass is 31.2. The first-order valence-corrected chi connectivity index (χ1v) is 36.1. The number of phosphoric ester groups is 1. The molecule has 0 aliphatic heterocycles. The Labute approximate surface area is 502 Å². The number of unbranched alkanes of at least 4 members (excludes halogenated alkanes) is 39. The molecule has 0 bridgehead atoms. The van der Waals surface area contributed by atoms with Crippen LogP contribution in [0.3, 0.4) is 0 Å². The normalized spacial score (nSPS) is 13.9. The second-order valence-electron chi connectivity index (χ2n) is 24.7. The molecule has 0 heterocycles. The van der Waals surface area contributed by atoms with Gasteiger partial charge in [0.1, 0.15) is 19.3 Å². The van der Waals surface area contributed by atoms with E-state index in [2.05, 4.69) is 74.7 Å². The van der Waals surface area contributed by atoms with Crippen LogP contribution in [0.2, 0.25) is 0 Å². The van der Waals surface area contributed by atoms with Crippen LogP contribution in [0.15, 0.2) is 60.8 Å². The van der Waals surface area contributed by atoms with Gasteiger partial charge in [-0.3, -0.25) is 18.6 Å². The molecule has 9 nitrogen and oxygen atoms in total. The first kappa shape index (κ1) is 78.7. The summed E-state index contributed by atoms with van der Waals surface area (Å²) in [6.45, 7) is 7.01. The van der Waals surface area contributed by atoms with Crippen molar-refractivity contribution in [3.05, 3.63) is 60.8 Å². The van der Waals surface area contributed by atoms with Crippen molar-refractivity contribution in [1.82, 2.24) is 5.32 Å². The second kappa shape index (κ2) is 60.8. The van der Waals surface area contributed by atoms with E-state index in [0.717, 1.165) is 89.9 Å². The van der Waals surface area contributed by atoms with Crippen LogP contribution in [0.25, 0.3) is 0 Å². The average Bonchev–Trinajstić information content (AvgIpc) is 3.43. The van der Waals surface area contributed by atoms with Crippen molar-refractivity contribution in [2.75, 3.05) is 40.9 Å². The number of hydrogen-bond acceptors (Lipinski definition) is 6. The lowest BCUT2D eigenvalue weighted by Gasteiger charge is -2.27. The minimum absolute atomic E-state index is 0.0380. The molecule has 0 radical (unpaired) electrons. The third-order valence-corrected chi connectivity index (χ3v) is 16.4. The number of quaternary nitrogens is 1. The number of carbonyl (C=O) groups is 2. The van der Waals surface area contributed by atoms with Crippen LogP contribution in [-0.4, -0.2) is 74.3 Å². The van der Waals surface area contributed by atoms with Crippen LogP contribution in [0.5, 0.6) is 0 Å². The third kappa shape index (κ3) is 62.1. The van der Waals surface area contributed by atoms with E-state index in [1.165, 1.54) is 205 Å². The van der Waals surface area contributed by atoms with E-state index in [9.17, 15) is 19.0 Å². The number of carbonyl (C=O) groups excluding carboxylic acids is 2. The molecule has 0 aromatic heterocycles. The molecule has 81 heavy (non-hydrogen) atoms. The zero-order chi connectivity index (χ0) is 59.3. The molecule has 1 amide bonds. The summed E-state index contributed by atoms with van der Waals surface area (Å²) in [7, 11) is 1.49. The highest BCUT2D eigenvalue weighted by Gasteiger charge is 2.30. The molecule has 0 aromatic carbocycles. The van der Waals surface area contributed by atoms with Crippen LogP contribution < -0.4 is 5.32 Å². The fourth-order valence-corrected chi connectivity index (χ4v) is 10.8. The van der Waals surface area contributed by atoms with Crippen molar-refractivity contribution < 1.29 is 37.3 Å². The SMILES string of the molecule is CCCCC/C=C\C/C=C\C/C=C\C/C=C\CCCCCCCCCC(=O)NC(COP(=O)(O)OCC[N+](C)(C)C)C(/C=C/CCCCCCCCCCC)OC(=O)CCCCCCCCCCCCCCCCCCCCCCC. The highest BCUT2D eigenvalue weighted by Crippen LogP contribution is 2.43. The van der Waals surface area contributed by atoms with Crippen LogP contribution >= 0.6 is 7.82 Å². The number of hydrogen-bond donors (Lipinski definition) is 2. The van der Waals surface area contributed by atoms with Gasteiger partial charge in [-0.1, -0.05) is 300 Å². The number of ether oxygens (including phenoxy) is 1. The lowest BCUT2D eigenvalue weighted by Crippen LogP contribution is -2.47. The van der Waals surface area contributed by atoms with Gasteiger partial charge < -0.3 is 19.4 Å². The molecule has 0 rings (SSSR count). The standard InChI is InChI=1S/C71H133N2O7P/c1-7-10-13-16-19-22-25-27-29-31-33-35-36-38-39-41-43-45-48-51-54-57-60-63-70(74)72-68(67-79-81(76,77)78-66-65-73(4,5)6)69(62-59-56-53-50-47-24-21-18-15-12-9-3)80-71(75)64-61-58-55-52-49-46-44-42-40-37-34-32-30-28-26-23-20-17-14-11-8-2/h19,22,27,29,33,35,38-39,59,62,68-69H,7-18,20-21,23-26,28,30-32,34,36-37,40-58,60-61,63-67H2,1-6H3,(H-,72,74,76,77)/p+1/b22-19-,29-27-,35-33-,39-38-,62-59+. The minimum Gasteiger partial charge on any atom is -0.456 e.